The van der Waals surface area contributed by atoms with Gasteiger partial charge < -0.3 is 24.8 Å². The van der Waals surface area contributed by atoms with Gasteiger partial charge >= 0.3 is 0 Å². The zero-order valence-electron chi connectivity index (χ0n) is 16.4. The maximum Gasteiger partial charge on any atom is 0.195 e. The van der Waals surface area contributed by atoms with E-state index >= 15 is 0 Å². The third-order valence-corrected chi connectivity index (χ3v) is 4.16. The highest BCUT2D eigenvalue weighted by atomic mass is 127. The SMILES string of the molecule is CCNC(=NCCc1cccc(OC)c1)Nc1ccc2c(c1)OCCCO2.I. The van der Waals surface area contributed by atoms with E-state index in [1.807, 2.05) is 43.3 Å². The van der Waals surface area contributed by atoms with Crippen LogP contribution < -0.4 is 24.8 Å². The third-order valence-electron chi connectivity index (χ3n) is 4.16. The number of nitrogens with one attached hydrogen (secondary N) is 2. The smallest absolute Gasteiger partial charge is 0.195 e. The van der Waals surface area contributed by atoms with Crippen LogP contribution in [0.5, 0.6) is 17.2 Å². The molecule has 0 radical (unpaired) electrons. The van der Waals surface area contributed by atoms with E-state index < -0.39 is 0 Å². The first-order valence-corrected chi connectivity index (χ1v) is 9.36. The molecular formula is C21H28IN3O3. The van der Waals surface area contributed by atoms with Crippen LogP contribution in [0.4, 0.5) is 5.69 Å². The lowest BCUT2D eigenvalue weighted by molar-refractivity contribution is 0.297. The van der Waals surface area contributed by atoms with Gasteiger partial charge in [0, 0.05) is 31.3 Å². The molecule has 2 aromatic carbocycles. The van der Waals surface area contributed by atoms with Crippen LogP contribution in [-0.2, 0) is 6.42 Å². The molecule has 0 bridgehead atoms. The lowest BCUT2D eigenvalue weighted by atomic mass is 10.1. The van der Waals surface area contributed by atoms with Gasteiger partial charge in [-0.3, -0.25) is 4.99 Å². The Hall–Kier alpha value is -2.16. The molecule has 2 N–H and O–H groups in total. The molecule has 1 aliphatic heterocycles. The van der Waals surface area contributed by atoms with Gasteiger partial charge in [0.05, 0.1) is 20.3 Å². The van der Waals surface area contributed by atoms with Crippen molar-refractivity contribution in [1.29, 1.82) is 0 Å². The molecule has 0 spiro atoms. The second-order valence-corrected chi connectivity index (χ2v) is 6.20. The molecule has 0 aromatic heterocycles. The maximum atomic E-state index is 5.75. The number of guanidine groups is 1. The summed E-state index contributed by atoms with van der Waals surface area (Å²) in [6.45, 7) is 4.87. The summed E-state index contributed by atoms with van der Waals surface area (Å²) in [4.78, 5) is 4.67. The Balaban J connectivity index is 0.00000280. The molecule has 7 heteroatoms. The van der Waals surface area contributed by atoms with E-state index in [1.165, 1.54) is 5.56 Å². The summed E-state index contributed by atoms with van der Waals surface area (Å²) in [5, 5.41) is 6.61. The molecular weight excluding hydrogens is 469 g/mol. The zero-order chi connectivity index (χ0) is 18.9. The van der Waals surface area contributed by atoms with Crippen molar-refractivity contribution in [2.45, 2.75) is 19.8 Å². The molecule has 1 heterocycles. The van der Waals surface area contributed by atoms with Crippen LogP contribution in [0.25, 0.3) is 0 Å². The number of nitrogens with zero attached hydrogens (tertiary/aromatic N) is 1. The molecule has 28 heavy (non-hydrogen) atoms. The summed E-state index contributed by atoms with van der Waals surface area (Å²) < 4.78 is 16.7. The number of aliphatic imine (C=N–C) groups is 1. The fourth-order valence-corrected chi connectivity index (χ4v) is 2.81. The normalized spacial score (nSPS) is 13.1. The largest absolute Gasteiger partial charge is 0.497 e. The molecule has 0 fully saturated rings. The van der Waals surface area contributed by atoms with E-state index in [0.717, 1.165) is 48.3 Å². The Morgan fingerprint density at radius 2 is 1.93 bits per heavy atom. The summed E-state index contributed by atoms with van der Waals surface area (Å²) in [6, 6.07) is 13.9. The number of hydrogen-bond donors (Lipinski definition) is 2. The van der Waals surface area contributed by atoms with Crippen LogP contribution in [0.2, 0.25) is 0 Å². The second-order valence-electron chi connectivity index (χ2n) is 6.20. The van der Waals surface area contributed by atoms with E-state index in [0.29, 0.717) is 19.8 Å². The van der Waals surface area contributed by atoms with E-state index in [4.69, 9.17) is 14.2 Å². The highest BCUT2D eigenvalue weighted by molar-refractivity contribution is 14.0. The topological polar surface area (TPSA) is 64.1 Å². The summed E-state index contributed by atoms with van der Waals surface area (Å²) in [5.74, 6) is 3.17. The third kappa shape index (κ3) is 6.47. The predicted octanol–water partition coefficient (Wildman–Crippen LogP) is 4.09. The first kappa shape index (κ1) is 22.1. The number of benzene rings is 2. The Labute approximate surface area is 183 Å². The van der Waals surface area contributed by atoms with Crippen molar-refractivity contribution in [2.24, 2.45) is 4.99 Å². The summed E-state index contributed by atoms with van der Waals surface area (Å²) in [7, 11) is 1.68. The van der Waals surface area contributed by atoms with Crippen molar-refractivity contribution in [1.82, 2.24) is 5.32 Å². The van der Waals surface area contributed by atoms with E-state index in [9.17, 15) is 0 Å². The minimum absolute atomic E-state index is 0. The lowest BCUT2D eigenvalue weighted by Crippen LogP contribution is -2.30. The van der Waals surface area contributed by atoms with Gasteiger partial charge in [-0.2, -0.15) is 0 Å². The average Bonchev–Trinajstić information content (AvgIpc) is 2.93. The molecule has 2 aromatic rings. The van der Waals surface area contributed by atoms with Crippen molar-refractivity contribution >= 4 is 35.6 Å². The standard InChI is InChI=1S/C21H27N3O3.HI/c1-3-22-21(23-11-10-16-6-4-7-18(14-16)25-2)24-17-8-9-19-20(15-17)27-13-5-12-26-19;/h4,6-9,14-15H,3,5,10-13H2,1-2H3,(H2,22,23,24);1H. The van der Waals surface area contributed by atoms with Crippen LogP contribution in [-0.4, -0.2) is 39.4 Å². The van der Waals surface area contributed by atoms with Gasteiger partial charge in [-0.25, -0.2) is 0 Å². The first-order chi connectivity index (χ1) is 13.3. The van der Waals surface area contributed by atoms with Gasteiger partial charge in [0.15, 0.2) is 17.5 Å². The number of halogens is 1. The van der Waals surface area contributed by atoms with Crippen molar-refractivity contribution in [3.8, 4) is 17.2 Å². The number of ether oxygens (including phenoxy) is 3. The Morgan fingerprint density at radius 1 is 1.11 bits per heavy atom. The first-order valence-electron chi connectivity index (χ1n) is 9.36. The van der Waals surface area contributed by atoms with Gasteiger partial charge in [-0.1, -0.05) is 12.1 Å². The lowest BCUT2D eigenvalue weighted by Gasteiger charge is -2.13. The number of rotatable bonds is 6. The second kappa shape index (κ2) is 11.6. The minimum atomic E-state index is 0. The van der Waals surface area contributed by atoms with Gasteiger partial charge in [-0.05, 0) is 43.2 Å². The van der Waals surface area contributed by atoms with E-state index in [1.54, 1.807) is 7.11 Å². The molecule has 0 saturated carbocycles. The maximum absolute atomic E-state index is 5.75. The predicted molar refractivity (Wildman–Crippen MR) is 124 cm³/mol. The monoisotopic (exact) mass is 497 g/mol. The fraction of sp³-hybridized carbons (Fsp3) is 0.381. The molecule has 0 amide bonds. The molecule has 0 atom stereocenters. The number of methoxy groups -OCH3 is 1. The van der Waals surface area contributed by atoms with Crippen LogP contribution in [0, 0.1) is 0 Å². The van der Waals surface area contributed by atoms with Crippen molar-refractivity contribution in [2.75, 3.05) is 38.7 Å². The molecule has 1 aliphatic rings. The number of anilines is 1. The Kier molecular flexibility index (Phi) is 9.19. The minimum Gasteiger partial charge on any atom is -0.497 e. The highest BCUT2D eigenvalue weighted by Gasteiger charge is 2.11. The van der Waals surface area contributed by atoms with Crippen molar-refractivity contribution in [3.05, 3.63) is 48.0 Å². The molecule has 3 rings (SSSR count). The van der Waals surface area contributed by atoms with Crippen molar-refractivity contribution in [3.63, 3.8) is 0 Å². The summed E-state index contributed by atoms with van der Waals surface area (Å²) in [5.41, 5.74) is 2.12. The Morgan fingerprint density at radius 3 is 2.71 bits per heavy atom. The summed E-state index contributed by atoms with van der Waals surface area (Å²) in [6.07, 6.45) is 1.74. The molecule has 0 aliphatic carbocycles. The van der Waals surface area contributed by atoms with Gasteiger partial charge in [0.25, 0.3) is 0 Å². The molecule has 6 nitrogen and oxygen atoms in total. The van der Waals surface area contributed by atoms with E-state index in [-0.39, 0.29) is 24.0 Å². The van der Waals surface area contributed by atoms with Crippen LogP contribution >= 0.6 is 24.0 Å². The Bertz CT molecular complexity index is 783. The highest BCUT2D eigenvalue weighted by Crippen LogP contribution is 2.32. The number of fused-ring (bicyclic) bond motifs is 1. The van der Waals surface area contributed by atoms with Crippen LogP contribution in [0.1, 0.15) is 18.9 Å². The van der Waals surface area contributed by atoms with Crippen LogP contribution in [0.3, 0.4) is 0 Å². The van der Waals surface area contributed by atoms with E-state index in [2.05, 4.69) is 21.7 Å². The zero-order valence-corrected chi connectivity index (χ0v) is 18.7. The average molecular weight is 497 g/mol. The quantitative estimate of drug-likeness (QED) is 0.358. The van der Waals surface area contributed by atoms with Crippen LogP contribution in [0.15, 0.2) is 47.5 Å². The molecule has 0 unspecified atom stereocenters. The molecule has 0 saturated heterocycles. The van der Waals surface area contributed by atoms with Gasteiger partial charge in [0.2, 0.25) is 0 Å². The summed E-state index contributed by atoms with van der Waals surface area (Å²) >= 11 is 0. The molecule has 152 valence electrons. The van der Waals surface area contributed by atoms with Crippen molar-refractivity contribution < 1.29 is 14.2 Å². The van der Waals surface area contributed by atoms with Gasteiger partial charge in [-0.15, -0.1) is 24.0 Å². The number of hydrogen-bond acceptors (Lipinski definition) is 4. The fourth-order valence-electron chi connectivity index (χ4n) is 2.81. The van der Waals surface area contributed by atoms with Gasteiger partial charge in [0.1, 0.15) is 5.75 Å².